The summed E-state index contributed by atoms with van der Waals surface area (Å²) in [5.74, 6) is -3.39. The normalized spacial score (nSPS) is 35.2. The van der Waals surface area contributed by atoms with Gasteiger partial charge in [-0.05, 0) is 59.1 Å². The number of imide groups is 2. The second-order valence-corrected chi connectivity index (χ2v) is 12.4. The molecule has 7 nitrogen and oxygen atoms in total. The van der Waals surface area contributed by atoms with Crippen molar-refractivity contribution in [3.63, 3.8) is 0 Å². The van der Waals surface area contributed by atoms with Crippen LogP contribution in [0.3, 0.4) is 0 Å². The van der Waals surface area contributed by atoms with Gasteiger partial charge in [0.2, 0.25) is 11.8 Å². The Kier molecular flexibility index (Phi) is 4.69. The fraction of sp³-hybridized carbons (Fsp3) is 0.286. The Labute approximate surface area is 242 Å². The number of carbonyl (C=O) groups is 4. The third-order valence-electron chi connectivity index (χ3n) is 10.8. The molecule has 4 bridgehead atoms. The molecule has 1 saturated carbocycles. The number of fused-ring (bicyclic) bond motifs is 1. The zero-order valence-corrected chi connectivity index (χ0v) is 22.7. The number of allylic oxidation sites excluding steroid dienone is 2. The van der Waals surface area contributed by atoms with Crippen LogP contribution in [0.5, 0.6) is 0 Å². The summed E-state index contributed by atoms with van der Waals surface area (Å²) in [7, 11) is 0. The van der Waals surface area contributed by atoms with E-state index in [1.165, 1.54) is 4.90 Å². The lowest BCUT2D eigenvalue weighted by Gasteiger charge is -2.52. The van der Waals surface area contributed by atoms with Crippen molar-refractivity contribution in [2.24, 2.45) is 40.6 Å². The average Bonchev–Trinajstić information content (AvgIpc) is 3.47. The number of hydrogen-bond acceptors (Lipinski definition) is 5. The van der Waals surface area contributed by atoms with E-state index in [4.69, 9.17) is 5.10 Å². The quantitative estimate of drug-likeness (QED) is 0.273. The molecule has 2 aliphatic heterocycles. The van der Waals surface area contributed by atoms with Crippen molar-refractivity contribution in [2.45, 2.75) is 24.2 Å². The Morgan fingerprint density at radius 1 is 0.643 bits per heavy atom. The minimum Gasteiger partial charge on any atom is -0.274 e. The number of anilines is 1. The summed E-state index contributed by atoms with van der Waals surface area (Å²) >= 11 is 0. The standard InChI is InChI=1S/C35H27N3O4/c39-31-29-28-22-10-4-6-12-24(22)35(25-13-7-5-11-23(25)28,30(29)34(42)37(31)21-8-2-1-3-9-21)18-36-38-32(40)26-19-14-15-20(17-16-19)27(26)33(38)41/h1-15,18-20,26-30H,16-17H2/b36-18-/t19-,20-,26-,27+,28?,29+,30-,35?/m0/s1. The summed E-state index contributed by atoms with van der Waals surface area (Å²) < 4.78 is 0. The van der Waals surface area contributed by atoms with Gasteiger partial charge in [0.25, 0.3) is 11.8 Å². The molecule has 0 radical (unpaired) electrons. The summed E-state index contributed by atoms with van der Waals surface area (Å²) in [6.45, 7) is 0. The number of hydrogen-bond donors (Lipinski definition) is 0. The summed E-state index contributed by atoms with van der Waals surface area (Å²) in [4.78, 5) is 57.5. The molecule has 4 amide bonds. The number of nitrogens with zero attached hydrogens (tertiary/aromatic N) is 3. The van der Waals surface area contributed by atoms with E-state index in [1.54, 1.807) is 18.3 Å². The first-order chi connectivity index (χ1) is 20.5. The Hall–Kier alpha value is -4.65. The van der Waals surface area contributed by atoms with Crippen LogP contribution < -0.4 is 4.90 Å². The molecule has 0 aromatic heterocycles. The zero-order chi connectivity index (χ0) is 28.3. The lowest BCUT2D eigenvalue weighted by Crippen LogP contribution is -2.55. The van der Waals surface area contributed by atoms with E-state index in [9.17, 15) is 19.2 Å². The molecule has 0 spiro atoms. The fourth-order valence-corrected chi connectivity index (χ4v) is 9.20. The summed E-state index contributed by atoms with van der Waals surface area (Å²) in [5.41, 5.74) is 3.17. The summed E-state index contributed by atoms with van der Waals surface area (Å²) in [6, 6.07) is 24.9. The zero-order valence-electron chi connectivity index (χ0n) is 22.7. The van der Waals surface area contributed by atoms with Gasteiger partial charge in [-0.25, -0.2) is 4.90 Å². The van der Waals surface area contributed by atoms with Gasteiger partial charge in [0.05, 0.1) is 34.8 Å². The van der Waals surface area contributed by atoms with Gasteiger partial charge in [-0.15, -0.1) is 0 Å². The van der Waals surface area contributed by atoms with Crippen LogP contribution in [0.2, 0.25) is 0 Å². The highest BCUT2D eigenvalue weighted by Gasteiger charge is 2.68. The van der Waals surface area contributed by atoms with Gasteiger partial charge in [0.1, 0.15) is 0 Å². The van der Waals surface area contributed by atoms with Gasteiger partial charge in [-0.1, -0.05) is 78.9 Å². The van der Waals surface area contributed by atoms with E-state index in [-0.39, 0.29) is 53.2 Å². The molecular weight excluding hydrogens is 526 g/mol. The van der Waals surface area contributed by atoms with Gasteiger partial charge in [0.15, 0.2) is 0 Å². The van der Waals surface area contributed by atoms with E-state index in [1.807, 2.05) is 66.7 Å². The number of amides is 4. The van der Waals surface area contributed by atoms with E-state index in [0.29, 0.717) is 5.69 Å². The van der Waals surface area contributed by atoms with Crippen LogP contribution in [0, 0.1) is 35.5 Å². The van der Waals surface area contributed by atoms with Crippen molar-refractivity contribution in [2.75, 3.05) is 4.90 Å². The molecule has 2 heterocycles. The first-order valence-electron chi connectivity index (χ1n) is 14.8. The largest absolute Gasteiger partial charge is 0.274 e. The van der Waals surface area contributed by atoms with Crippen LogP contribution in [-0.2, 0) is 24.6 Å². The van der Waals surface area contributed by atoms with Crippen molar-refractivity contribution < 1.29 is 19.2 Å². The maximum absolute atomic E-state index is 14.5. The second kappa shape index (κ2) is 8.22. The highest BCUT2D eigenvalue weighted by atomic mass is 16.2. The maximum atomic E-state index is 14.5. The van der Waals surface area contributed by atoms with Crippen LogP contribution in [0.4, 0.5) is 5.69 Å². The van der Waals surface area contributed by atoms with E-state index >= 15 is 0 Å². The molecule has 206 valence electrons. The van der Waals surface area contributed by atoms with E-state index < -0.39 is 17.3 Å². The molecule has 3 aromatic carbocycles. The third kappa shape index (κ3) is 2.74. The van der Waals surface area contributed by atoms with Gasteiger partial charge in [-0.2, -0.15) is 10.1 Å². The minimum absolute atomic E-state index is 0.0548. The van der Waals surface area contributed by atoms with Crippen molar-refractivity contribution in [3.8, 4) is 0 Å². The predicted molar refractivity (Wildman–Crippen MR) is 154 cm³/mol. The topological polar surface area (TPSA) is 87.1 Å². The molecule has 11 rings (SSSR count). The molecule has 7 heteroatoms. The highest BCUT2D eigenvalue weighted by molar-refractivity contribution is 6.25. The molecule has 3 fully saturated rings. The third-order valence-corrected chi connectivity index (χ3v) is 10.8. The number of para-hydroxylation sites is 1. The Morgan fingerprint density at radius 3 is 1.76 bits per heavy atom. The summed E-state index contributed by atoms with van der Waals surface area (Å²) in [5, 5.41) is 5.78. The molecule has 6 aliphatic carbocycles. The number of benzene rings is 3. The Bertz CT molecular complexity index is 1710. The second-order valence-electron chi connectivity index (χ2n) is 12.4. The molecule has 8 aliphatic rings. The molecule has 3 aromatic rings. The van der Waals surface area contributed by atoms with Gasteiger partial charge in [0, 0.05) is 12.1 Å². The van der Waals surface area contributed by atoms with E-state index in [2.05, 4.69) is 12.2 Å². The molecule has 6 atom stereocenters. The Balaban J connectivity index is 1.24. The number of hydrazone groups is 1. The minimum atomic E-state index is -1.13. The van der Waals surface area contributed by atoms with Crippen molar-refractivity contribution in [3.05, 3.63) is 113 Å². The Morgan fingerprint density at radius 2 is 1.19 bits per heavy atom. The van der Waals surface area contributed by atoms with Crippen LogP contribution in [-0.4, -0.2) is 34.9 Å². The monoisotopic (exact) mass is 553 g/mol. The maximum Gasteiger partial charge on any atom is 0.254 e. The molecule has 0 unspecified atom stereocenters. The van der Waals surface area contributed by atoms with Crippen molar-refractivity contribution >= 4 is 35.5 Å². The van der Waals surface area contributed by atoms with Crippen LogP contribution in [0.15, 0.2) is 96.1 Å². The van der Waals surface area contributed by atoms with Gasteiger partial charge in [-0.3, -0.25) is 19.2 Å². The number of carbonyl (C=O) groups excluding carboxylic acids is 4. The van der Waals surface area contributed by atoms with Gasteiger partial charge >= 0.3 is 0 Å². The van der Waals surface area contributed by atoms with Gasteiger partial charge < -0.3 is 0 Å². The lowest BCUT2D eigenvalue weighted by molar-refractivity contribution is -0.140. The van der Waals surface area contributed by atoms with Crippen molar-refractivity contribution in [1.82, 2.24) is 5.01 Å². The fourth-order valence-electron chi connectivity index (χ4n) is 9.20. The lowest BCUT2D eigenvalue weighted by atomic mass is 9.47. The van der Waals surface area contributed by atoms with Crippen LogP contribution in [0.25, 0.3) is 0 Å². The van der Waals surface area contributed by atoms with Crippen LogP contribution >= 0.6 is 0 Å². The highest BCUT2D eigenvalue weighted by Crippen LogP contribution is 2.64. The SMILES string of the molecule is O=C1[C@@H]2[C@H](C(=O)N1/N=C\C13c4ccccc4C(c4ccccc41)[C@H]1C(=O)N(c4ccccc4)C(=O)[C@H]13)[C@H]1C=C[C@H]2CC1. The van der Waals surface area contributed by atoms with Crippen LogP contribution in [0.1, 0.15) is 41.0 Å². The predicted octanol–water partition coefficient (Wildman–Crippen LogP) is 4.42. The first kappa shape index (κ1) is 24.0. The molecule has 42 heavy (non-hydrogen) atoms. The average molecular weight is 554 g/mol. The summed E-state index contributed by atoms with van der Waals surface area (Å²) in [6.07, 6.45) is 7.64. The first-order valence-corrected chi connectivity index (χ1v) is 14.8. The molecule has 0 N–H and O–H groups in total. The number of rotatable bonds is 3. The van der Waals surface area contributed by atoms with E-state index in [0.717, 1.165) is 40.1 Å². The van der Waals surface area contributed by atoms with Crippen molar-refractivity contribution in [1.29, 1.82) is 0 Å². The smallest absolute Gasteiger partial charge is 0.254 e. The molecular formula is C35H27N3O4. The molecule has 2 saturated heterocycles.